The van der Waals surface area contributed by atoms with Crippen molar-refractivity contribution < 1.29 is 9.13 Å². The quantitative estimate of drug-likeness (QED) is 0.842. The largest absolute Gasteiger partial charge is 0.434 e. The first-order chi connectivity index (χ1) is 9.02. The Morgan fingerprint density at radius 2 is 2.00 bits per heavy atom. The van der Waals surface area contributed by atoms with Crippen molar-refractivity contribution in [2.75, 3.05) is 0 Å². The van der Waals surface area contributed by atoms with E-state index >= 15 is 0 Å². The molecule has 0 unspecified atom stereocenters. The highest BCUT2D eigenvalue weighted by molar-refractivity contribution is 6.30. The van der Waals surface area contributed by atoms with Crippen LogP contribution in [0.5, 0.6) is 11.6 Å². The molecule has 1 aromatic heterocycles. The lowest BCUT2D eigenvalue weighted by Gasteiger charge is -2.09. The van der Waals surface area contributed by atoms with Gasteiger partial charge in [-0.2, -0.15) is 5.26 Å². The van der Waals surface area contributed by atoms with Crippen LogP contribution in [0.25, 0.3) is 0 Å². The Hall–Kier alpha value is -2.19. The first kappa shape index (κ1) is 13.2. The number of nitrogens with zero attached hydrogens (tertiary/aromatic N) is 3. The number of aromatic nitrogens is 2. The molecule has 0 radical (unpaired) electrons. The molecule has 0 amide bonds. The van der Waals surface area contributed by atoms with E-state index in [-0.39, 0.29) is 22.3 Å². The van der Waals surface area contributed by atoms with Gasteiger partial charge in [-0.1, -0.05) is 11.6 Å². The minimum atomic E-state index is -0.632. The number of benzene rings is 1. The van der Waals surface area contributed by atoms with Crippen molar-refractivity contribution in [2.24, 2.45) is 0 Å². The number of halogens is 2. The van der Waals surface area contributed by atoms with Crippen LogP contribution in [0.2, 0.25) is 5.15 Å². The zero-order chi connectivity index (χ0) is 14.0. The molecule has 0 bridgehead atoms. The molecule has 0 saturated heterocycles. The van der Waals surface area contributed by atoms with Crippen molar-refractivity contribution in [3.8, 4) is 17.7 Å². The Kier molecular flexibility index (Phi) is 3.63. The Bertz CT molecular complexity index is 682. The summed E-state index contributed by atoms with van der Waals surface area (Å²) >= 11 is 5.82. The lowest BCUT2D eigenvalue weighted by atomic mass is 10.2. The summed E-state index contributed by atoms with van der Waals surface area (Å²) in [7, 11) is 0. The zero-order valence-corrected chi connectivity index (χ0v) is 11.0. The number of rotatable bonds is 2. The fourth-order valence-corrected chi connectivity index (χ4v) is 1.59. The molecule has 2 aromatic rings. The number of hydrogen-bond acceptors (Lipinski definition) is 4. The van der Waals surface area contributed by atoms with E-state index in [0.717, 1.165) is 11.6 Å². The van der Waals surface area contributed by atoms with Crippen LogP contribution in [0.4, 0.5) is 4.39 Å². The van der Waals surface area contributed by atoms with Gasteiger partial charge in [0.15, 0.2) is 16.7 Å². The Morgan fingerprint density at radius 3 is 2.63 bits per heavy atom. The molecule has 1 aromatic carbocycles. The van der Waals surface area contributed by atoms with Gasteiger partial charge in [-0.3, -0.25) is 0 Å². The van der Waals surface area contributed by atoms with Crippen molar-refractivity contribution in [1.82, 2.24) is 10.2 Å². The molecule has 6 heteroatoms. The van der Waals surface area contributed by atoms with E-state index in [1.54, 1.807) is 13.8 Å². The highest BCUT2D eigenvalue weighted by atomic mass is 35.5. The summed E-state index contributed by atoms with van der Waals surface area (Å²) in [5.41, 5.74) is 1.63. The molecule has 0 aliphatic carbocycles. The maximum Gasteiger partial charge on any atom is 0.242 e. The summed E-state index contributed by atoms with van der Waals surface area (Å²) in [6.07, 6.45) is 0. The third-order valence-electron chi connectivity index (χ3n) is 2.69. The molecule has 2 rings (SSSR count). The first-order valence-corrected chi connectivity index (χ1v) is 5.77. The lowest BCUT2D eigenvalue weighted by molar-refractivity contribution is 0.418. The zero-order valence-electron chi connectivity index (χ0n) is 10.2. The Labute approximate surface area is 114 Å². The molecule has 4 nitrogen and oxygen atoms in total. The van der Waals surface area contributed by atoms with Crippen LogP contribution in [-0.2, 0) is 0 Å². The molecular formula is C13H9ClFN3O. The van der Waals surface area contributed by atoms with Gasteiger partial charge in [0.1, 0.15) is 0 Å². The smallest absolute Gasteiger partial charge is 0.242 e. The lowest BCUT2D eigenvalue weighted by Crippen LogP contribution is -1.99. The summed E-state index contributed by atoms with van der Waals surface area (Å²) in [5, 5.41) is 16.4. The second-order valence-electron chi connectivity index (χ2n) is 3.91. The third-order valence-corrected chi connectivity index (χ3v) is 3.05. The van der Waals surface area contributed by atoms with E-state index in [9.17, 15) is 4.39 Å². The van der Waals surface area contributed by atoms with Crippen LogP contribution in [0, 0.1) is 31.0 Å². The second-order valence-corrected chi connectivity index (χ2v) is 4.26. The summed E-state index contributed by atoms with van der Waals surface area (Å²) in [4.78, 5) is 0. The number of hydrogen-bond donors (Lipinski definition) is 0. The van der Waals surface area contributed by atoms with E-state index in [1.807, 2.05) is 6.07 Å². The van der Waals surface area contributed by atoms with Crippen LogP contribution < -0.4 is 4.74 Å². The van der Waals surface area contributed by atoms with E-state index in [0.29, 0.717) is 5.56 Å². The number of ether oxygens (including phenoxy) is 1. The maximum absolute atomic E-state index is 13.7. The van der Waals surface area contributed by atoms with Crippen LogP contribution >= 0.6 is 11.6 Å². The molecule has 0 fully saturated rings. The standard InChI is InChI=1S/C13H9ClFN3O/c1-7-8(2)13(18-17-12(7)14)19-11-4-3-9(6-16)5-10(11)15/h3-5H,1-2H3. The van der Waals surface area contributed by atoms with Crippen LogP contribution in [0.15, 0.2) is 18.2 Å². The summed E-state index contributed by atoms with van der Waals surface area (Å²) < 4.78 is 19.0. The van der Waals surface area contributed by atoms with E-state index < -0.39 is 5.82 Å². The minimum absolute atomic E-state index is 0.0156. The average molecular weight is 278 g/mol. The summed E-state index contributed by atoms with van der Waals surface area (Å²) in [5.74, 6) is -0.462. The summed E-state index contributed by atoms with van der Waals surface area (Å²) in [6.45, 7) is 3.53. The van der Waals surface area contributed by atoms with Gasteiger partial charge in [0.25, 0.3) is 0 Å². The topological polar surface area (TPSA) is 58.8 Å². The first-order valence-electron chi connectivity index (χ1n) is 5.40. The van der Waals surface area contributed by atoms with Crippen LogP contribution in [-0.4, -0.2) is 10.2 Å². The van der Waals surface area contributed by atoms with Crippen LogP contribution in [0.1, 0.15) is 16.7 Å². The molecule has 96 valence electrons. The third kappa shape index (κ3) is 2.64. The predicted octanol–water partition coefficient (Wildman–Crippen LogP) is 3.55. The predicted molar refractivity (Wildman–Crippen MR) is 67.7 cm³/mol. The molecule has 0 aliphatic heterocycles. The van der Waals surface area contributed by atoms with Gasteiger partial charge in [-0.25, -0.2) is 4.39 Å². The minimum Gasteiger partial charge on any atom is -0.434 e. The van der Waals surface area contributed by atoms with Crippen molar-refractivity contribution in [1.29, 1.82) is 5.26 Å². The van der Waals surface area contributed by atoms with Gasteiger partial charge in [-0.05, 0) is 37.6 Å². The number of nitriles is 1. The van der Waals surface area contributed by atoms with Crippen molar-refractivity contribution in [3.63, 3.8) is 0 Å². The van der Waals surface area contributed by atoms with E-state index in [1.165, 1.54) is 12.1 Å². The van der Waals surface area contributed by atoms with Crippen LogP contribution in [0.3, 0.4) is 0 Å². The Morgan fingerprint density at radius 1 is 1.26 bits per heavy atom. The molecule has 0 aliphatic rings. The van der Waals surface area contributed by atoms with Gasteiger partial charge < -0.3 is 4.74 Å². The van der Waals surface area contributed by atoms with Gasteiger partial charge in [0.05, 0.1) is 11.6 Å². The fraction of sp³-hybridized carbons (Fsp3) is 0.154. The van der Waals surface area contributed by atoms with Crippen molar-refractivity contribution in [3.05, 3.63) is 45.9 Å². The van der Waals surface area contributed by atoms with E-state index in [2.05, 4.69) is 10.2 Å². The molecule has 1 heterocycles. The van der Waals surface area contributed by atoms with Gasteiger partial charge in [0, 0.05) is 5.56 Å². The molecule has 0 spiro atoms. The fourth-order valence-electron chi connectivity index (χ4n) is 1.41. The molecule has 0 atom stereocenters. The van der Waals surface area contributed by atoms with E-state index in [4.69, 9.17) is 21.6 Å². The molecule has 19 heavy (non-hydrogen) atoms. The van der Waals surface area contributed by atoms with Crippen molar-refractivity contribution >= 4 is 11.6 Å². The highest BCUT2D eigenvalue weighted by Gasteiger charge is 2.12. The molecular weight excluding hydrogens is 269 g/mol. The SMILES string of the molecule is Cc1c(Cl)nnc(Oc2ccc(C#N)cc2F)c1C. The van der Waals surface area contributed by atoms with Gasteiger partial charge in [-0.15, -0.1) is 10.2 Å². The summed E-state index contributed by atoms with van der Waals surface area (Å²) in [6, 6.07) is 5.78. The highest BCUT2D eigenvalue weighted by Crippen LogP contribution is 2.28. The van der Waals surface area contributed by atoms with Gasteiger partial charge >= 0.3 is 0 Å². The Balaban J connectivity index is 2.37. The molecule has 0 N–H and O–H groups in total. The molecule has 0 saturated carbocycles. The normalized spacial score (nSPS) is 10.1. The van der Waals surface area contributed by atoms with Gasteiger partial charge in [0.2, 0.25) is 5.88 Å². The van der Waals surface area contributed by atoms with Crippen molar-refractivity contribution in [2.45, 2.75) is 13.8 Å². The average Bonchev–Trinajstić information content (AvgIpc) is 2.41. The maximum atomic E-state index is 13.7. The monoisotopic (exact) mass is 277 g/mol. The second kappa shape index (κ2) is 5.21.